The third-order valence-electron chi connectivity index (χ3n) is 3.97. The van der Waals surface area contributed by atoms with E-state index in [0.29, 0.717) is 13.2 Å². The lowest BCUT2D eigenvalue weighted by atomic mass is 9.77. The molecule has 4 heteroatoms. The highest BCUT2D eigenvalue weighted by molar-refractivity contribution is 5.84. The van der Waals surface area contributed by atoms with Crippen LogP contribution in [0.4, 0.5) is 0 Å². The van der Waals surface area contributed by atoms with Gasteiger partial charge in [-0.2, -0.15) is 5.26 Å². The molecule has 1 aliphatic heterocycles. The molecule has 2 N–H and O–H groups in total. The first kappa shape index (κ1) is 12.9. The van der Waals surface area contributed by atoms with Crippen molar-refractivity contribution in [2.24, 2.45) is 11.1 Å². The summed E-state index contributed by atoms with van der Waals surface area (Å²) < 4.78 is 10.4. The summed E-state index contributed by atoms with van der Waals surface area (Å²) in [6.07, 6.45) is 0. The van der Waals surface area contributed by atoms with Crippen molar-refractivity contribution in [2.75, 3.05) is 20.3 Å². The van der Waals surface area contributed by atoms with Gasteiger partial charge in [0.2, 0.25) is 0 Å². The molecule has 1 atom stereocenters. The molecule has 20 heavy (non-hydrogen) atoms. The van der Waals surface area contributed by atoms with Gasteiger partial charge >= 0.3 is 0 Å². The van der Waals surface area contributed by atoms with Crippen molar-refractivity contribution < 1.29 is 9.47 Å². The van der Waals surface area contributed by atoms with E-state index in [0.717, 1.165) is 22.1 Å². The van der Waals surface area contributed by atoms with E-state index in [-0.39, 0.29) is 6.04 Å². The number of rotatable bonds is 3. The highest BCUT2D eigenvalue weighted by atomic mass is 16.5. The van der Waals surface area contributed by atoms with Crippen LogP contribution in [0, 0.1) is 16.7 Å². The number of nitrogens with zero attached hydrogens (tertiary/aromatic N) is 1. The molecule has 3 rings (SSSR count). The number of ether oxygens (including phenoxy) is 2. The smallest absolute Gasteiger partial charge is 0.123 e. The lowest BCUT2D eigenvalue weighted by molar-refractivity contribution is -0.0910. The Balaban J connectivity index is 1.99. The maximum absolute atomic E-state index is 9.32. The first-order valence-electron chi connectivity index (χ1n) is 6.51. The summed E-state index contributed by atoms with van der Waals surface area (Å²) in [6, 6.07) is 13.9. The minimum absolute atomic E-state index is 0.326. The Kier molecular flexibility index (Phi) is 3.09. The van der Waals surface area contributed by atoms with Crippen molar-refractivity contribution in [2.45, 2.75) is 6.04 Å². The van der Waals surface area contributed by atoms with Crippen LogP contribution in [0.3, 0.4) is 0 Å². The van der Waals surface area contributed by atoms with E-state index in [9.17, 15) is 5.26 Å². The molecule has 0 aromatic heterocycles. The molecule has 1 saturated heterocycles. The number of methoxy groups -OCH3 is 1. The van der Waals surface area contributed by atoms with Crippen LogP contribution < -0.4 is 10.5 Å². The normalized spacial score (nSPS) is 18.1. The second-order valence-electron chi connectivity index (χ2n) is 5.21. The fraction of sp³-hybridized carbons (Fsp3) is 0.312. The van der Waals surface area contributed by atoms with Crippen LogP contribution in [-0.4, -0.2) is 20.3 Å². The van der Waals surface area contributed by atoms with Gasteiger partial charge in [-0.05, 0) is 34.5 Å². The Labute approximate surface area is 117 Å². The minimum atomic E-state index is -0.583. The molecule has 0 amide bonds. The number of fused-ring (bicyclic) bond motifs is 1. The second-order valence-corrected chi connectivity index (χ2v) is 5.21. The van der Waals surface area contributed by atoms with Crippen LogP contribution >= 0.6 is 0 Å². The summed E-state index contributed by atoms with van der Waals surface area (Å²) in [6.45, 7) is 0.816. The van der Waals surface area contributed by atoms with E-state index in [2.05, 4.69) is 6.07 Å². The maximum atomic E-state index is 9.32. The molecule has 4 nitrogen and oxygen atoms in total. The van der Waals surface area contributed by atoms with Gasteiger partial charge in [0, 0.05) is 0 Å². The Bertz CT molecular complexity index is 686. The second kappa shape index (κ2) is 4.78. The molecule has 102 valence electrons. The minimum Gasteiger partial charge on any atom is -0.497 e. The van der Waals surface area contributed by atoms with Crippen molar-refractivity contribution in [3.05, 3.63) is 42.0 Å². The molecule has 1 unspecified atom stereocenters. The predicted molar refractivity (Wildman–Crippen MR) is 76.3 cm³/mol. The van der Waals surface area contributed by atoms with E-state index in [1.807, 2.05) is 36.4 Å². The zero-order valence-corrected chi connectivity index (χ0v) is 11.3. The van der Waals surface area contributed by atoms with Gasteiger partial charge in [0.25, 0.3) is 0 Å². The molecule has 2 aromatic carbocycles. The van der Waals surface area contributed by atoms with Gasteiger partial charge in [-0.25, -0.2) is 0 Å². The molecule has 1 aliphatic rings. The van der Waals surface area contributed by atoms with Crippen LogP contribution in [0.2, 0.25) is 0 Å². The quantitative estimate of drug-likeness (QED) is 0.928. The maximum Gasteiger partial charge on any atom is 0.123 e. The number of benzene rings is 2. The SMILES string of the molecule is COc1ccc2cc(C(N)C3(C#N)COC3)ccc2c1. The van der Waals surface area contributed by atoms with Crippen molar-refractivity contribution in [3.8, 4) is 11.8 Å². The van der Waals surface area contributed by atoms with Crippen LogP contribution in [0.1, 0.15) is 11.6 Å². The summed E-state index contributed by atoms with van der Waals surface area (Å²) in [7, 11) is 1.65. The van der Waals surface area contributed by atoms with Gasteiger partial charge in [0.1, 0.15) is 11.2 Å². The third-order valence-corrected chi connectivity index (χ3v) is 3.97. The van der Waals surface area contributed by atoms with Crippen LogP contribution in [-0.2, 0) is 4.74 Å². The topological polar surface area (TPSA) is 68.3 Å². The van der Waals surface area contributed by atoms with Gasteiger partial charge < -0.3 is 15.2 Å². The molecule has 1 heterocycles. The molecular formula is C16H16N2O2. The zero-order chi connectivity index (χ0) is 14.2. The fourth-order valence-corrected chi connectivity index (χ4v) is 2.52. The molecule has 0 aliphatic carbocycles. The Hall–Kier alpha value is -2.09. The Morgan fingerprint density at radius 1 is 1.25 bits per heavy atom. The summed E-state index contributed by atoms with van der Waals surface area (Å²) in [5.74, 6) is 0.829. The standard InChI is InChI=1S/C16H16N2O2/c1-19-14-5-4-11-6-13(3-2-12(11)7-14)15(18)16(8-17)9-20-10-16/h2-7,15H,9-10,18H2,1H3. The number of nitriles is 1. The van der Waals surface area contributed by atoms with Crippen molar-refractivity contribution in [1.29, 1.82) is 5.26 Å². The highest BCUT2D eigenvalue weighted by Gasteiger charge is 2.45. The van der Waals surface area contributed by atoms with Crippen LogP contribution in [0.25, 0.3) is 10.8 Å². The molecule has 0 saturated carbocycles. The largest absolute Gasteiger partial charge is 0.497 e. The molecule has 0 spiro atoms. The molecule has 2 aromatic rings. The van der Waals surface area contributed by atoms with E-state index in [1.54, 1.807) is 7.11 Å². The highest BCUT2D eigenvalue weighted by Crippen LogP contribution is 2.39. The number of hydrogen-bond donors (Lipinski definition) is 1. The van der Waals surface area contributed by atoms with Crippen molar-refractivity contribution >= 4 is 10.8 Å². The monoisotopic (exact) mass is 268 g/mol. The van der Waals surface area contributed by atoms with Gasteiger partial charge in [0.15, 0.2) is 0 Å². The predicted octanol–water partition coefficient (Wildman–Crippen LogP) is 2.39. The van der Waals surface area contributed by atoms with E-state index in [1.165, 1.54) is 0 Å². The molecule has 0 radical (unpaired) electrons. The van der Waals surface area contributed by atoms with Gasteiger partial charge in [-0.1, -0.05) is 18.2 Å². The van der Waals surface area contributed by atoms with E-state index in [4.69, 9.17) is 15.2 Å². The molecular weight excluding hydrogens is 252 g/mol. The van der Waals surface area contributed by atoms with Crippen molar-refractivity contribution in [3.63, 3.8) is 0 Å². The summed E-state index contributed by atoms with van der Waals surface area (Å²) in [4.78, 5) is 0. The van der Waals surface area contributed by atoms with Gasteiger partial charge in [0.05, 0.1) is 32.4 Å². The first-order valence-corrected chi connectivity index (χ1v) is 6.51. The first-order chi connectivity index (χ1) is 9.68. The summed E-state index contributed by atoms with van der Waals surface area (Å²) >= 11 is 0. The van der Waals surface area contributed by atoms with E-state index < -0.39 is 5.41 Å². The summed E-state index contributed by atoms with van der Waals surface area (Å²) in [5.41, 5.74) is 6.65. The third kappa shape index (κ3) is 1.92. The van der Waals surface area contributed by atoms with Crippen LogP contribution in [0.5, 0.6) is 5.75 Å². The average molecular weight is 268 g/mol. The zero-order valence-electron chi connectivity index (χ0n) is 11.3. The Morgan fingerprint density at radius 2 is 1.95 bits per heavy atom. The fourth-order valence-electron chi connectivity index (χ4n) is 2.52. The lowest BCUT2D eigenvalue weighted by Gasteiger charge is -2.39. The average Bonchev–Trinajstić information content (AvgIpc) is 2.45. The number of hydrogen-bond acceptors (Lipinski definition) is 4. The summed E-state index contributed by atoms with van der Waals surface area (Å²) in [5, 5.41) is 11.5. The molecule has 0 bridgehead atoms. The van der Waals surface area contributed by atoms with Gasteiger partial charge in [-0.15, -0.1) is 0 Å². The Morgan fingerprint density at radius 3 is 2.55 bits per heavy atom. The van der Waals surface area contributed by atoms with Gasteiger partial charge in [-0.3, -0.25) is 0 Å². The molecule has 1 fully saturated rings. The lowest BCUT2D eigenvalue weighted by Crippen LogP contribution is -2.49. The van der Waals surface area contributed by atoms with E-state index >= 15 is 0 Å². The van der Waals surface area contributed by atoms with Crippen molar-refractivity contribution in [1.82, 2.24) is 0 Å². The van der Waals surface area contributed by atoms with Crippen LogP contribution in [0.15, 0.2) is 36.4 Å². The number of nitrogens with two attached hydrogens (primary N) is 1.